The third-order valence-corrected chi connectivity index (χ3v) is 5.44. The van der Waals surface area contributed by atoms with Gasteiger partial charge in [0.25, 0.3) is 0 Å². The lowest BCUT2D eigenvalue weighted by molar-refractivity contribution is 0.338. The zero-order valence-electron chi connectivity index (χ0n) is 14.7. The van der Waals surface area contributed by atoms with Crippen LogP contribution in [0.4, 0.5) is 15.8 Å². The average Bonchev–Trinajstić information content (AvgIpc) is 2.84. The molecule has 1 aliphatic rings. The van der Waals surface area contributed by atoms with Crippen molar-refractivity contribution in [2.45, 2.75) is 6.54 Å². The monoisotopic (exact) mass is 402 g/mol. The predicted molar refractivity (Wildman–Crippen MR) is 107 cm³/mol. The van der Waals surface area contributed by atoms with Crippen molar-refractivity contribution in [3.63, 3.8) is 0 Å². The maximum absolute atomic E-state index is 15.5. The summed E-state index contributed by atoms with van der Waals surface area (Å²) in [5.41, 5.74) is 3.30. The zero-order valence-corrected chi connectivity index (χ0v) is 16.2. The fraction of sp³-hybridized carbons (Fsp3) is 0.200. The summed E-state index contributed by atoms with van der Waals surface area (Å²) in [6.07, 6.45) is 1.57. The van der Waals surface area contributed by atoms with Crippen LogP contribution in [0.5, 0.6) is 0 Å². The van der Waals surface area contributed by atoms with E-state index in [0.29, 0.717) is 40.0 Å². The number of halogens is 3. The van der Waals surface area contributed by atoms with Gasteiger partial charge < -0.3 is 9.80 Å². The first kappa shape index (κ1) is 18.2. The number of benzene rings is 2. The third kappa shape index (κ3) is 3.50. The molecule has 0 saturated heterocycles. The summed E-state index contributed by atoms with van der Waals surface area (Å²) in [6, 6.07) is 12.7. The van der Waals surface area contributed by atoms with E-state index in [1.165, 1.54) is 0 Å². The van der Waals surface area contributed by atoms with Crippen molar-refractivity contribution in [3.05, 3.63) is 70.1 Å². The van der Waals surface area contributed by atoms with Gasteiger partial charge in [-0.1, -0.05) is 23.2 Å². The summed E-state index contributed by atoms with van der Waals surface area (Å²) in [6.45, 7) is 2.01. The lowest BCUT2D eigenvalue weighted by atomic mass is 10.0. The number of rotatable bonds is 2. The van der Waals surface area contributed by atoms with Crippen LogP contribution in [0.25, 0.3) is 11.3 Å². The summed E-state index contributed by atoms with van der Waals surface area (Å²) in [7, 11) is 1.98. The van der Waals surface area contributed by atoms with E-state index >= 15 is 4.39 Å². The number of anilines is 2. The van der Waals surface area contributed by atoms with Crippen LogP contribution in [0, 0.1) is 5.82 Å². The largest absolute Gasteiger partial charge is 0.340 e. The zero-order chi connectivity index (χ0) is 19.0. The fourth-order valence-corrected chi connectivity index (χ4v) is 3.61. The van der Waals surface area contributed by atoms with Gasteiger partial charge in [-0.3, -0.25) is 0 Å². The first-order valence-corrected chi connectivity index (χ1v) is 9.31. The summed E-state index contributed by atoms with van der Waals surface area (Å²) >= 11 is 12.3. The lowest BCUT2D eigenvalue weighted by Crippen LogP contribution is -2.26. The summed E-state index contributed by atoms with van der Waals surface area (Å²) in [5.74, 6) is -0.271. The van der Waals surface area contributed by atoms with Gasteiger partial charge in [-0.2, -0.15) is 10.2 Å². The van der Waals surface area contributed by atoms with Crippen LogP contribution in [0.3, 0.4) is 0 Å². The molecule has 0 saturated carbocycles. The van der Waals surface area contributed by atoms with E-state index in [0.717, 1.165) is 17.9 Å². The van der Waals surface area contributed by atoms with Crippen LogP contribution < -0.4 is 4.90 Å². The average molecular weight is 403 g/mol. The van der Waals surface area contributed by atoms with Gasteiger partial charge >= 0.3 is 0 Å². The Morgan fingerprint density at radius 3 is 2.63 bits per heavy atom. The molecule has 7 heteroatoms. The summed E-state index contributed by atoms with van der Waals surface area (Å²) in [4.78, 5) is 4.17. The molecule has 2 heterocycles. The molecule has 4 rings (SSSR count). The first-order valence-electron chi connectivity index (χ1n) is 8.55. The van der Waals surface area contributed by atoms with Crippen molar-refractivity contribution < 1.29 is 4.39 Å². The Morgan fingerprint density at radius 1 is 1.04 bits per heavy atom. The van der Waals surface area contributed by atoms with E-state index in [2.05, 4.69) is 20.0 Å². The first-order chi connectivity index (χ1) is 13.0. The van der Waals surface area contributed by atoms with Crippen LogP contribution in [-0.4, -0.2) is 35.2 Å². The molecule has 0 atom stereocenters. The van der Waals surface area contributed by atoms with E-state index in [4.69, 9.17) is 23.2 Å². The standard InChI is InChI=1S/C20H17Cl2FN4/c1-26-9-10-27(13-4-6-16(21)17(22)11-13)19-7-5-14(20(23)15(19)12-26)18-3-2-8-24-25-18/h2-8,11H,9-10,12H2,1H3. The Kier molecular flexibility index (Phi) is 5.00. The van der Waals surface area contributed by atoms with Gasteiger partial charge in [-0.15, -0.1) is 0 Å². The molecule has 0 spiro atoms. The van der Waals surface area contributed by atoms with Gasteiger partial charge in [0.2, 0.25) is 0 Å². The normalized spacial score (nSPS) is 14.7. The molecule has 0 unspecified atom stereocenters. The Bertz CT molecular complexity index is 981. The van der Waals surface area contributed by atoms with Gasteiger partial charge in [0.15, 0.2) is 0 Å². The molecule has 2 aromatic carbocycles. The minimum atomic E-state index is -0.271. The van der Waals surface area contributed by atoms with Gasteiger partial charge in [0.05, 0.1) is 15.7 Å². The van der Waals surface area contributed by atoms with E-state index in [-0.39, 0.29) is 5.82 Å². The molecule has 1 aromatic heterocycles. The molecule has 0 aliphatic carbocycles. The van der Waals surface area contributed by atoms with Crippen LogP contribution in [-0.2, 0) is 6.54 Å². The van der Waals surface area contributed by atoms with Gasteiger partial charge in [0.1, 0.15) is 5.82 Å². The minimum absolute atomic E-state index is 0.271. The lowest BCUT2D eigenvalue weighted by Gasteiger charge is -2.26. The van der Waals surface area contributed by atoms with Crippen molar-refractivity contribution in [3.8, 4) is 11.3 Å². The number of nitrogens with zero attached hydrogens (tertiary/aromatic N) is 4. The number of hydrogen-bond donors (Lipinski definition) is 0. The summed E-state index contributed by atoms with van der Waals surface area (Å²) in [5, 5.41) is 8.89. The van der Waals surface area contributed by atoms with E-state index < -0.39 is 0 Å². The highest BCUT2D eigenvalue weighted by atomic mass is 35.5. The highest BCUT2D eigenvalue weighted by Gasteiger charge is 2.24. The second-order valence-corrected chi connectivity index (χ2v) is 7.34. The van der Waals surface area contributed by atoms with E-state index in [1.54, 1.807) is 30.5 Å². The van der Waals surface area contributed by atoms with Crippen LogP contribution >= 0.6 is 23.2 Å². The second-order valence-electron chi connectivity index (χ2n) is 6.52. The van der Waals surface area contributed by atoms with E-state index in [1.807, 2.05) is 25.2 Å². The van der Waals surface area contributed by atoms with Gasteiger partial charge in [-0.25, -0.2) is 4.39 Å². The Hall–Kier alpha value is -2.21. The van der Waals surface area contributed by atoms with Crippen LogP contribution in [0.15, 0.2) is 48.7 Å². The van der Waals surface area contributed by atoms with Crippen molar-refractivity contribution >= 4 is 34.6 Å². The molecular formula is C20H17Cl2FN4. The Balaban J connectivity index is 1.85. The molecule has 138 valence electrons. The second kappa shape index (κ2) is 7.43. The van der Waals surface area contributed by atoms with E-state index in [9.17, 15) is 0 Å². The predicted octanol–water partition coefficient (Wildman–Crippen LogP) is 5.17. The maximum Gasteiger partial charge on any atom is 0.139 e. The highest BCUT2D eigenvalue weighted by Crippen LogP contribution is 2.38. The van der Waals surface area contributed by atoms with Crippen molar-refractivity contribution in [1.29, 1.82) is 0 Å². The third-order valence-electron chi connectivity index (χ3n) is 4.71. The molecule has 1 aliphatic heterocycles. The van der Waals surface area contributed by atoms with Crippen molar-refractivity contribution in [2.24, 2.45) is 0 Å². The quantitative estimate of drug-likeness (QED) is 0.591. The molecular weight excluding hydrogens is 386 g/mol. The fourth-order valence-electron chi connectivity index (χ4n) is 3.32. The molecule has 4 nitrogen and oxygen atoms in total. The SMILES string of the molecule is CN1CCN(c2ccc(Cl)c(Cl)c2)c2ccc(-c3cccnn3)c(F)c2C1. The topological polar surface area (TPSA) is 32.3 Å². The van der Waals surface area contributed by atoms with Crippen molar-refractivity contribution in [1.82, 2.24) is 15.1 Å². The molecule has 0 bridgehead atoms. The number of fused-ring (bicyclic) bond motifs is 1. The molecule has 3 aromatic rings. The number of likely N-dealkylation sites (N-methyl/N-ethyl adjacent to an activating group) is 1. The van der Waals surface area contributed by atoms with Gasteiger partial charge in [0, 0.05) is 48.3 Å². The highest BCUT2D eigenvalue weighted by molar-refractivity contribution is 6.42. The van der Waals surface area contributed by atoms with Gasteiger partial charge in [-0.05, 0) is 49.5 Å². The number of hydrogen-bond acceptors (Lipinski definition) is 4. The number of aromatic nitrogens is 2. The molecule has 0 fully saturated rings. The Morgan fingerprint density at radius 2 is 1.89 bits per heavy atom. The van der Waals surface area contributed by atoms with Crippen molar-refractivity contribution in [2.75, 3.05) is 25.0 Å². The Labute approximate surface area is 167 Å². The molecule has 0 N–H and O–H groups in total. The molecule has 27 heavy (non-hydrogen) atoms. The van der Waals surface area contributed by atoms with Crippen LogP contribution in [0.2, 0.25) is 10.0 Å². The molecule has 0 amide bonds. The maximum atomic E-state index is 15.5. The minimum Gasteiger partial charge on any atom is -0.340 e. The summed E-state index contributed by atoms with van der Waals surface area (Å²) < 4.78 is 15.5. The smallest absolute Gasteiger partial charge is 0.139 e. The molecule has 0 radical (unpaired) electrons. The van der Waals surface area contributed by atoms with Crippen LogP contribution in [0.1, 0.15) is 5.56 Å².